The number of phenolic OH excluding ortho intramolecular Hbond substituents is 1. The highest BCUT2D eigenvalue weighted by Crippen LogP contribution is 2.45. The number of hydrogen-bond acceptors (Lipinski definition) is 4. The average molecular weight is 420 g/mol. The molecule has 3 N–H and O–H groups in total. The SMILES string of the molecule is Cc1cc(C)c(-c2n[nH]c3c2C(c2ccc(C(C)C)cc2)N(CCCO)C3=O)c(O)c1. The Labute approximate surface area is 182 Å². The first kappa shape index (κ1) is 21.1. The Kier molecular flexibility index (Phi) is 5.58. The van der Waals surface area contributed by atoms with E-state index in [-0.39, 0.29) is 24.3 Å². The number of phenols is 1. The molecule has 4 rings (SSSR count). The molecule has 1 aliphatic rings. The van der Waals surface area contributed by atoms with E-state index in [9.17, 15) is 15.0 Å². The number of aliphatic hydroxyl groups is 1. The van der Waals surface area contributed by atoms with E-state index in [1.165, 1.54) is 5.56 Å². The number of aromatic hydroxyl groups is 1. The minimum absolute atomic E-state index is 0.0136. The van der Waals surface area contributed by atoms with Gasteiger partial charge in [-0.3, -0.25) is 9.89 Å². The number of hydrogen-bond donors (Lipinski definition) is 3. The molecule has 0 bridgehead atoms. The van der Waals surface area contributed by atoms with Crippen LogP contribution in [0.3, 0.4) is 0 Å². The van der Waals surface area contributed by atoms with Gasteiger partial charge >= 0.3 is 0 Å². The third kappa shape index (κ3) is 3.61. The van der Waals surface area contributed by atoms with Gasteiger partial charge in [-0.2, -0.15) is 5.10 Å². The van der Waals surface area contributed by atoms with E-state index in [2.05, 4.69) is 48.3 Å². The molecule has 1 atom stereocenters. The summed E-state index contributed by atoms with van der Waals surface area (Å²) in [6.07, 6.45) is 0.494. The highest BCUT2D eigenvalue weighted by atomic mass is 16.3. The van der Waals surface area contributed by atoms with Crippen LogP contribution in [0.4, 0.5) is 0 Å². The summed E-state index contributed by atoms with van der Waals surface area (Å²) in [5.41, 5.74) is 6.56. The summed E-state index contributed by atoms with van der Waals surface area (Å²) >= 11 is 0. The van der Waals surface area contributed by atoms with Gasteiger partial charge in [0, 0.05) is 24.3 Å². The molecule has 2 heterocycles. The van der Waals surface area contributed by atoms with E-state index in [0.717, 1.165) is 22.3 Å². The molecule has 6 nitrogen and oxygen atoms in total. The molecule has 3 aromatic rings. The molecule has 1 aliphatic heterocycles. The van der Waals surface area contributed by atoms with Crippen LogP contribution in [0.2, 0.25) is 0 Å². The largest absolute Gasteiger partial charge is 0.507 e. The lowest BCUT2D eigenvalue weighted by molar-refractivity contribution is 0.0732. The normalized spacial score (nSPS) is 15.7. The number of rotatable bonds is 6. The summed E-state index contributed by atoms with van der Waals surface area (Å²) in [5, 5.41) is 27.5. The average Bonchev–Trinajstić information content (AvgIpc) is 3.25. The maximum atomic E-state index is 13.2. The van der Waals surface area contributed by atoms with Crippen LogP contribution in [0.5, 0.6) is 5.75 Å². The van der Waals surface area contributed by atoms with Crippen LogP contribution in [0.15, 0.2) is 36.4 Å². The van der Waals surface area contributed by atoms with E-state index in [4.69, 9.17) is 0 Å². The van der Waals surface area contributed by atoms with Crippen molar-refractivity contribution in [1.29, 1.82) is 0 Å². The standard InChI is InChI=1S/C25H29N3O3/c1-14(2)17-6-8-18(9-7-17)24-21-22(20-16(4)12-15(3)13-19(20)30)26-27-23(21)25(31)28(24)10-5-11-29/h6-9,12-14,24,29-30H,5,10-11H2,1-4H3,(H,26,27). The maximum Gasteiger partial charge on any atom is 0.273 e. The van der Waals surface area contributed by atoms with Crippen LogP contribution in [0, 0.1) is 13.8 Å². The lowest BCUT2D eigenvalue weighted by Gasteiger charge is -2.26. The second kappa shape index (κ2) is 8.19. The van der Waals surface area contributed by atoms with Crippen molar-refractivity contribution in [3.05, 3.63) is 69.9 Å². The van der Waals surface area contributed by atoms with Gasteiger partial charge in [0.2, 0.25) is 0 Å². The molecule has 6 heteroatoms. The molecule has 1 aromatic heterocycles. The van der Waals surface area contributed by atoms with Gasteiger partial charge in [0.05, 0.1) is 6.04 Å². The van der Waals surface area contributed by atoms with Crippen molar-refractivity contribution in [3.8, 4) is 17.0 Å². The van der Waals surface area contributed by atoms with Crippen LogP contribution in [0.1, 0.15) is 70.5 Å². The molecular formula is C25H29N3O3. The first-order valence-electron chi connectivity index (χ1n) is 10.7. The predicted molar refractivity (Wildman–Crippen MR) is 120 cm³/mol. The molecule has 0 radical (unpaired) electrons. The smallest absolute Gasteiger partial charge is 0.273 e. The zero-order chi connectivity index (χ0) is 22.3. The second-order valence-electron chi connectivity index (χ2n) is 8.64. The highest BCUT2D eigenvalue weighted by Gasteiger charge is 2.42. The number of aromatic nitrogens is 2. The summed E-state index contributed by atoms with van der Waals surface area (Å²) in [4.78, 5) is 15.0. The van der Waals surface area contributed by atoms with E-state index >= 15 is 0 Å². The number of aryl methyl sites for hydroxylation is 2. The quantitative estimate of drug-likeness (QED) is 0.551. The molecule has 0 saturated heterocycles. The molecule has 0 fully saturated rings. The predicted octanol–water partition coefficient (Wildman–Crippen LogP) is 4.45. The third-order valence-electron chi connectivity index (χ3n) is 6.04. The van der Waals surface area contributed by atoms with Crippen molar-refractivity contribution < 1.29 is 15.0 Å². The highest BCUT2D eigenvalue weighted by molar-refractivity contribution is 6.00. The number of nitrogens with one attached hydrogen (secondary N) is 1. The summed E-state index contributed by atoms with van der Waals surface area (Å²) in [6.45, 7) is 8.63. The first-order valence-corrected chi connectivity index (χ1v) is 10.7. The molecule has 2 aromatic carbocycles. The Balaban J connectivity index is 1.88. The molecule has 0 spiro atoms. The minimum atomic E-state index is -0.330. The van der Waals surface area contributed by atoms with Crippen LogP contribution in [0.25, 0.3) is 11.3 Å². The lowest BCUT2D eigenvalue weighted by Crippen LogP contribution is -2.31. The van der Waals surface area contributed by atoms with Gasteiger partial charge in [-0.25, -0.2) is 0 Å². The van der Waals surface area contributed by atoms with Gasteiger partial charge in [-0.1, -0.05) is 44.2 Å². The number of carbonyl (C=O) groups is 1. The van der Waals surface area contributed by atoms with Crippen molar-refractivity contribution in [1.82, 2.24) is 15.1 Å². The lowest BCUT2D eigenvalue weighted by atomic mass is 9.92. The summed E-state index contributed by atoms with van der Waals surface area (Å²) in [6, 6.07) is 11.7. The minimum Gasteiger partial charge on any atom is -0.507 e. The summed E-state index contributed by atoms with van der Waals surface area (Å²) in [7, 11) is 0. The number of benzene rings is 2. The number of amides is 1. The summed E-state index contributed by atoms with van der Waals surface area (Å²) in [5.74, 6) is 0.434. The number of H-pyrrole nitrogens is 1. The van der Waals surface area contributed by atoms with Gasteiger partial charge in [0.15, 0.2) is 0 Å². The second-order valence-corrected chi connectivity index (χ2v) is 8.64. The van der Waals surface area contributed by atoms with Gasteiger partial charge < -0.3 is 15.1 Å². The Morgan fingerprint density at radius 2 is 1.87 bits per heavy atom. The van der Waals surface area contributed by atoms with Crippen LogP contribution in [-0.4, -0.2) is 44.4 Å². The van der Waals surface area contributed by atoms with E-state index in [0.29, 0.717) is 35.8 Å². The van der Waals surface area contributed by atoms with Crippen molar-refractivity contribution in [2.75, 3.05) is 13.2 Å². The van der Waals surface area contributed by atoms with Gasteiger partial charge in [0.25, 0.3) is 5.91 Å². The van der Waals surface area contributed by atoms with Crippen LogP contribution >= 0.6 is 0 Å². The topological polar surface area (TPSA) is 89.5 Å². The fourth-order valence-corrected chi connectivity index (χ4v) is 4.52. The fraction of sp³-hybridized carbons (Fsp3) is 0.360. The summed E-state index contributed by atoms with van der Waals surface area (Å²) < 4.78 is 0. The zero-order valence-corrected chi connectivity index (χ0v) is 18.4. The monoisotopic (exact) mass is 419 g/mol. The van der Waals surface area contributed by atoms with Gasteiger partial charge in [0.1, 0.15) is 17.1 Å². The third-order valence-corrected chi connectivity index (χ3v) is 6.04. The van der Waals surface area contributed by atoms with E-state index < -0.39 is 0 Å². The molecule has 0 saturated carbocycles. The molecule has 1 unspecified atom stereocenters. The van der Waals surface area contributed by atoms with E-state index in [1.54, 1.807) is 11.0 Å². The van der Waals surface area contributed by atoms with Crippen molar-refractivity contribution >= 4 is 5.91 Å². The number of nitrogens with zero attached hydrogens (tertiary/aromatic N) is 2. The van der Waals surface area contributed by atoms with Crippen molar-refractivity contribution in [3.63, 3.8) is 0 Å². The van der Waals surface area contributed by atoms with Crippen LogP contribution < -0.4 is 0 Å². The number of aromatic amines is 1. The van der Waals surface area contributed by atoms with Gasteiger partial charge in [-0.15, -0.1) is 0 Å². The van der Waals surface area contributed by atoms with E-state index in [1.807, 2.05) is 19.9 Å². The Morgan fingerprint density at radius 3 is 2.48 bits per heavy atom. The Morgan fingerprint density at radius 1 is 1.16 bits per heavy atom. The first-order chi connectivity index (χ1) is 14.8. The molecule has 1 amide bonds. The molecule has 162 valence electrons. The zero-order valence-electron chi connectivity index (χ0n) is 18.4. The van der Waals surface area contributed by atoms with Crippen molar-refractivity contribution in [2.45, 2.75) is 46.1 Å². The number of aliphatic hydroxyl groups excluding tert-OH is 1. The maximum absolute atomic E-state index is 13.2. The Bertz CT molecular complexity index is 1090. The number of fused-ring (bicyclic) bond motifs is 1. The fourth-order valence-electron chi connectivity index (χ4n) is 4.52. The molecule has 31 heavy (non-hydrogen) atoms. The van der Waals surface area contributed by atoms with Gasteiger partial charge in [-0.05, 0) is 54.5 Å². The Hall–Kier alpha value is -3.12. The van der Waals surface area contributed by atoms with Crippen LogP contribution in [-0.2, 0) is 0 Å². The molecule has 0 aliphatic carbocycles. The molecular weight excluding hydrogens is 390 g/mol. The van der Waals surface area contributed by atoms with Crippen molar-refractivity contribution in [2.24, 2.45) is 0 Å². The number of carbonyl (C=O) groups excluding carboxylic acids is 1.